The van der Waals surface area contributed by atoms with Crippen LogP contribution in [0.5, 0.6) is 0 Å². The Morgan fingerprint density at radius 3 is 2.47 bits per heavy atom. The number of rotatable bonds is 2. The summed E-state index contributed by atoms with van der Waals surface area (Å²) in [6, 6.07) is 0. The Kier molecular flexibility index (Phi) is 3.01. The van der Waals surface area contributed by atoms with Gasteiger partial charge in [0.05, 0.1) is 0 Å². The Hall–Kier alpha value is -0.570. The molecule has 0 radical (unpaired) electrons. The molecular weight excluding hydrogens is 212 g/mol. The fraction of sp³-hybridized carbons (Fsp3) is 0.818. The van der Waals surface area contributed by atoms with Crippen LogP contribution in [0.15, 0.2) is 4.52 Å². The van der Waals surface area contributed by atoms with Crippen LogP contribution in [0, 0.1) is 0 Å². The monoisotopic (exact) mass is 228 g/mol. The van der Waals surface area contributed by atoms with Crippen LogP contribution in [0.4, 0.5) is 0 Å². The van der Waals surface area contributed by atoms with Crippen LogP contribution in [0.2, 0.25) is 0 Å². The smallest absolute Gasteiger partial charge is 0.247 e. The largest absolute Gasteiger partial charge is 0.337 e. The first-order valence-corrected chi connectivity index (χ1v) is 6.02. The third kappa shape index (κ3) is 2.17. The molecule has 2 rings (SSSR count). The maximum atomic E-state index is 6.52. The van der Waals surface area contributed by atoms with Crippen LogP contribution in [-0.4, -0.2) is 10.1 Å². The van der Waals surface area contributed by atoms with Crippen molar-refractivity contribution >= 4 is 11.6 Å². The summed E-state index contributed by atoms with van der Waals surface area (Å²) in [5.41, 5.74) is 0. The minimum Gasteiger partial charge on any atom is -0.337 e. The Balaban J connectivity index is 2.20. The molecule has 3 nitrogen and oxygen atoms in total. The van der Waals surface area contributed by atoms with E-state index in [0.717, 1.165) is 31.5 Å². The SMILES string of the molecule is CC(C)c1noc(C2(Cl)CCCCC2)n1. The highest BCUT2D eigenvalue weighted by molar-refractivity contribution is 6.23. The first kappa shape index (κ1) is 10.9. The maximum Gasteiger partial charge on any atom is 0.247 e. The second-order valence-corrected chi connectivity index (χ2v) is 5.36. The molecule has 1 aromatic heterocycles. The lowest BCUT2D eigenvalue weighted by molar-refractivity contribution is 0.284. The molecule has 0 spiro atoms. The van der Waals surface area contributed by atoms with Gasteiger partial charge in [0.1, 0.15) is 4.87 Å². The molecule has 0 saturated heterocycles. The van der Waals surface area contributed by atoms with E-state index in [2.05, 4.69) is 24.0 Å². The molecule has 84 valence electrons. The van der Waals surface area contributed by atoms with Crippen molar-refractivity contribution in [2.24, 2.45) is 0 Å². The first-order chi connectivity index (χ1) is 7.12. The lowest BCUT2D eigenvalue weighted by atomic mass is 9.88. The minimum absolute atomic E-state index is 0.298. The molecule has 4 heteroatoms. The van der Waals surface area contributed by atoms with Crippen molar-refractivity contribution in [3.05, 3.63) is 11.7 Å². The zero-order chi connectivity index (χ0) is 10.9. The van der Waals surface area contributed by atoms with E-state index >= 15 is 0 Å². The van der Waals surface area contributed by atoms with Crippen LogP contribution >= 0.6 is 11.6 Å². The fourth-order valence-electron chi connectivity index (χ4n) is 1.98. The third-order valence-electron chi connectivity index (χ3n) is 2.99. The summed E-state index contributed by atoms with van der Waals surface area (Å²) in [4.78, 5) is 4.00. The van der Waals surface area contributed by atoms with Crippen LogP contribution in [0.3, 0.4) is 0 Å². The highest BCUT2D eigenvalue weighted by Gasteiger charge is 2.37. The highest BCUT2D eigenvalue weighted by atomic mass is 35.5. The van der Waals surface area contributed by atoms with Gasteiger partial charge in [0, 0.05) is 5.92 Å². The molecule has 0 aliphatic heterocycles. The summed E-state index contributed by atoms with van der Waals surface area (Å²) >= 11 is 6.52. The summed E-state index contributed by atoms with van der Waals surface area (Å²) in [6.07, 6.45) is 5.48. The van der Waals surface area contributed by atoms with Gasteiger partial charge in [-0.2, -0.15) is 4.98 Å². The number of hydrogen-bond donors (Lipinski definition) is 0. The van der Waals surface area contributed by atoms with E-state index < -0.39 is 4.87 Å². The van der Waals surface area contributed by atoms with Crippen LogP contribution in [-0.2, 0) is 4.87 Å². The summed E-state index contributed by atoms with van der Waals surface area (Å²) < 4.78 is 5.28. The predicted octanol–water partition coefficient (Wildman–Crippen LogP) is 3.59. The van der Waals surface area contributed by atoms with Gasteiger partial charge in [0.15, 0.2) is 5.82 Å². The van der Waals surface area contributed by atoms with Gasteiger partial charge in [-0.05, 0) is 12.8 Å². The maximum absolute atomic E-state index is 6.52. The summed E-state index contributed by atoms with van der Waals surface area (Å²) in [5, 5.41) is 3.97. The standard InChI is InChI=1S/C11H17ClN2O/c1-8(2)9-13-10(15-14-9)11(12)6-4-3-5-7-11/h8H,3-7H2,1-2H3. The van der Waals surface area contributed by atoms with Gasteiger partial charge in [-0.25, -0.2) is 0 Å². The first-order valence-electron chi connectivity index (χ1n) is 5.65. The van der Waals surface area contributed by atoms with Crippen LogP contribution < -0.4 is 0 Å². The molecule has 0 N–H and O–H groups in total. The fourth-order valence-corrected chi connectivity index (χ4v) is 2.32. The third-order valence-corrected chi connectivity index (χ3v) is 3.53. The van der Waals surface area contributed by atoms with E-state index in [1.165, 1.54) is 6.42 Å². The van der Waals surface area contributed by atoms with Crippen molar-refractivity contribution < 1.29 is 4.52 Å². The van der Waals surface area contributed by atoms with Gasteiger partial charge in [-0.15, -0.1) is 11.6 Å². The molecule has 1 aliphatic rings. The molecule has 1 aliphatic carbocycles. The molecule has 1 fully saturated rings. The number of hydrogen-bond acceptors (Lipinski definition) is 3. The second kappa shape index (κ2) is 4.12. The van der Waals surface area contributed by atoms with E-state index in [1.54, 1.807) is 0 Å². The molecule has 0 unspecified atom stereocenters. The highest BCUT2D eigenvalue weighted by Crippen LogP contribution is 2.42. The molecule has 0 atom stereocenters. The van der Waals surface area contributed by atoms with Crippen LogP contribution in [0.25, 0.3) is 0 Å². The van der Waals surface area contributed by atoms with Gasteiger partial charge >= 0.3 is 0 Å². The normalized spacial score (nSPS) is 20.8. The van der Waals surface area contributed by atoms with Crippen molar-refractivity contribution in [3.63, 3.8) is 0 Å². The minimum atomic E-state index is -0.390. The van der Waals surface area contributed by atoms with Gasteiger partial charge in [-0.3, -0.25) is 0 Å². The zero-order valence-electron chi connectivity index (χ0n) is 9.29. The van der Waals surface area contributed by atoms with E-state index in [9.17, 15) is 0 Å². The molecular formula is C11H17ClN2O. The van der Waals surface area contributed by atoms with E-state index in [-0.39, 0.29) is 0 Å². The quantitative estimate of drug-likeness (QED) is 0.727. The van der Waals surface area contributed by atoms with E-state index in [1.807, 2.05) is 0 Å². The summed E-state index contributed by atoms with van der Waals surface area (Å²) in [5.74, 6) is 1.68. The molecule has 1 saturated carbocycles. The number of aromatic nitrogens is 2. The Bertz CT molecular complexity index is 329. The van der Waals surface area contributed by atoms with Gasteiger partial charge in [-0.1, -0.05) is 38.3 Å². The van der Waals surface area contributed by atoms with Crippen LogP contribution in [0.1, 0.15) is 63.6 Å². The number of alkyl halides is 1. The van der Waals surface area contributed by atoms with Gasteiger partial charge < -0.3 is 4.52 Å². The molecule has 0 amide bonds. The average molecular weight is 229 g/mol. The lowest BCUT2D eigenvalue weighted by Crippen LogP contribution is -2.22. The second-order valence-electron chi connectivity index (χ2n) is 4.64. The number of nitrogens with zero attached hydrogens (tertiary/aromatic N) is 2. The average Bonchev–Trinajstić information content (AvgIpc) is 2.68. The zero-order valence-corrected chi connectivity index (χ0v) is 10.0. The van der Waals surface area contributed by atoms with Gasteiger partial charge in [0.2, 0.25) is 5.89 Å². The van der Waals surface area contributed by atoms with Crippen molar-refractivity contribution in [1.29, 1.82) is 0 Å². The number of halogens is 1. The van der Waals surface area contributed by atoms with Gasteiger partial charge in [0.25, 0.3) is 0 Å². The Labute approximate surface area is 95.2 Å². The summed E-state index contributed by atoms with van der Waals surface area (Å²) in [6.45, 7) is 4.10. The molecule has 1 heterocycles. The predicted molar refractivity (Wildman–Crippen MR) is 59.0 cm³/mol. The molecule has 0 aromatic carbocycles. The Morgan fingerprint density at radius 1 is 1.27 bits per heavy atom. The van der Waals surface area contributed by atoms with E-state index in [4.69, 9.17) is 16.1 Å². The van der Waals surface area contributed by atoms with Crippen molar-refractivity contribution in [1.82, 2.24) is 10.1 Å². The summed E-state index contributed by atoms with van der Waals surface area (Å²) in [7, 11) is 0. The van der Waals surface area contributed by atoms with E-state index in [0.29, 0.717) is 11.8 Å². The topological polar surface area (TPSA) is 38.9 Å². The molecule has 0 bridgehead atoms. The lowest BCUT2D eigenvalue weighted by Gasteiger charge is -2.26. The van der Waals surface area contributed by atoms with Crippen molar-refractivity contribution in [2.75, 3.05) is 0 Å². The van der Waals surface area contributed by atoms with Crippen molar-refractivity contribution in [2.45, 2.75) is 56.7 Å². The molecule has 1 aromatic rings. The molecule has 15 heavy (non-hydrogen) atoms. The van der Waals surface area contributed by atoms with Crippen molar-refractivity contribution in [3.8, 4) is 0 Å². The Morgan fingerprint density at radius 2 is 1.93 bits per heavy atom.